The summed E-state index contributed by atoms with van der Waals surface area (Å²) in [5.74, 6) is 0.122. The predicted molar refractivity (Wildman–Crippen MR) is 100.0 cm³/mol. The van der Waals surface area contributed by atoms with Crippen molar-refractivity contribution in [3.63, 3.8) is 0 Å². The van der Waals surface area contributed by atoms with Gasteiger partial charge in [-0.15, -0.1) is 11.8 Å². The van der Waals surface area contributed by atoms with Gasteiger partial charge in [-0.2, -0.15) is 0 Å². The maximum Gasteiger partial charge on any atom is 0.227 e. The third kappa shape index (κ3) is 5.11. The Kier molecular flexibility index (Phi) is 6.88. The second-order valence-corrected chi connectivity index (χ2v) is 7.00. The Hall–Kier alpha value is -1.78. The van der Waals surface area contributed by atoms with Crippen LogP contribution in [0.3, 0.4) is 0 Å². The number of hydrogen-bond acceptors (Lipinski definition) is 3. The van der Waals surface area contributed by atoms with Crippen LogP contribution in [0.15, 0.2) is 53.4 Å². The fourth-order valence-electron chi connectivity index (χ4n) is 2.56. The van der Waals surface area contributed by atoms with Gasteiger partial charge in [0.1, 0.15) is 0 Å². The number of amides is 1. The number of aliphatic hydroxyl groups excluding tert-OH is 1. The Morgan fingerprint density at radius 2 is 1.75 bits per heavy atom. The SMILES string of the molecule is CSc1cccc(CN(C(=O)Cc2ccc(CO)cc2)C(C)C)c1. The number of carbonyl (C=O) groups excluding carboxylic acids is 1. The topological polar surface area (TPSA) is 40.5 Å². The summed E-state index contributed by atoms with van der Waals surface area (Å²) in [6.45, 7) is 4.74. The molecule has 1 amide bonds. The minimum absolute atomic E-state index is 0.0259. The number of thioether (sulfide) groups is 1. The van der Waals surface area contributed by atoms with Gasteiger partial charge in [0.15, 0.2) is 0 Å². The van der Waals surface area contributed by atoms with Crippen LogP contribution < -0.4 is 0 Å². The van der Waals surface area contributed by atoms with E-state index in [0.29, 0.717) is 13.0 Å². The molecule has 1 N–H and O–H groups in total. The molecule has 4 heteroatoms. The quantitative estimate of drug-likeness (QED) is 0.776. The summed E-state index contributed by atoms with van der Waals surface area (Å²) in [6.07, 6.45) is 2.44. The third-order valence-corrected chi connectivity index (χ3v) is 4.72. The maximum absolute atomic E-state index is 12.7. The van der Waals surface area contributed by atoms with E-state index in [0.717, 1.165) is 16.7 Å². The van der Waals surface area contributed by atoms with Crippen LogP contribution in [0.5, 0.6) is 0 Å². The monoisotopic (exact) mass is 343 g/mol. The summed E-state index contributed by atoms with van der Waals surface area (Å²) >= 11 is 1.71. The van der Waals surface area contributed by atoms with E-state index in [1.165, 1.54) is 4.90 Å². The average molecular weight is 343 g/mol. The van der Waals surface area contributed by atoms with Crippen LogP contribution in [0, 0.1) is 0 Å². The van der Waals surface area contributed by atoms with E-state index in [1.807, 2.05) is 49.1 Å². The van der Waals surface area contributed by atoms with Gasteiger partial charge in [-0.25, -0.2) is 0 Å². The molecule has 0 saturated carbocycles. The summed E-state index contributed by atoms with van der Waals surface area (Å²) in [6, 6.07) is 16.0. The zero-order chi connectivity index (χ0) is 17.5. The number of carbonyl (C=O) groups is 1. The molecule has 128 valence electrons. The molecular weight excluding hydrogens is 318 g/mol. The van der Waals surface area contributed by atoms with Gasteiger partial charge in [-0.1, -0.05) is 36.4 Å². The Morgan fingerprint density at radius 3 is 2.33 bits per heavy atom. The highest BCUT2D eigenvalue weighted by atomic mass is 32.2. The zero-order valence-electron chi connectivity index (χ0n) is 14.5. The highest BCUT2D eigenvalue weighted by Crippen LogP contribution is 2.18. The first-order chi connectivity index (χ1) is 11.5. The van der Waals surface area contributed by atoms with Gasteiger partial charge in [0, 0.05) is 17.5 Å². The summed E-state index contributed by atoms with van der Waals surface area (Å²) in [5, 5.41) is 9.10. The lowest BCUT2D eigenvalue weighted by Crippen LogP contribution is -2.37. The summed E-state index contributed by atoms with van der Waals surface area (Å²) in [5.41, 5.74) is 2.99. The summed E-state index contributed by atoms with van der Waals surface area (Å²) in [4.78, 5) is 15.9. The number of aliphatic hydroxyl groups is 1. The zero-order valence-corrected chi connectivity index (χ0v) is 15.3. The van der Waals surface area contributed by atoms with Gasteiger partial charge in [0.25, 0.3) is 0 Å². The standard InChI is InChI=1S/C20H25NO2S/c1-15(2)21(13-18-5-4-6-19(11-18)24-3)20(23)12-16-7-9-17(14-22)10-8-16/h4-11,15,22H,12-14H2,1-3H3. The summed E-state index contributed by atoms with van der Waals surface area (Å²) < 4.78 is 0. The Labute approximate surface area is 148 Å². The van der Waals surface area contributed by atoms with E-state index in [9.17, 15) is 4.79 Å². The first-order valence-corrected chi connectivity index (χ1v) is 9.37. The molecule has 0 spiro atoms. The van der Waals surface area contributed by atoms with Crippen LogP contribution in [0.25, 0.3) is 0 Å². The molecule has 2 rings (SSSR count). The van der Waals surface area contributed by atoms with Crippen molar-refractivity contribution in [1.82, 2.24) is 4.90 Å². The number of hydrogen-bond donors (Lipinski definition) is 1. The lowest BCUT2D eigenvalue weighted by atomic mass is 10.1. The smallest absolute Gasteiger partial charge is 0.227 e. The average Bonchev–Trinajstić information content (AvgIpc) is 2.60. The van der Waals surface area contributed by atoms with Crippen LogP contribution >= 0.6 is 11.8 Å². The molecule has 0 heterocycles. The normalized spacial score (nSPS) is 10.9. The van der Waals surface area contributed by atoms with Gasteiger partial charge in [-0.05, 0) is 48.9 Å². The molecule has 0 aliphatic carbocycles. The number of benzene rings is 2. The molecule has 0 saturated heterocycles. The van der Waals surface area contributed by atoms with Gasteiger partial charge in [0.2, 0.25) is 5.91 Å². The molecule has 24 heavy (non-hydrogen) atoms. The lowest BCUT2D eigenvalue weighted by molar-refractivity contribution is -0.132. The van der Waals surface area contributed by atoms with Crippen molar-refractivity contribution in [2.75, 3.05) is 6.26 Å². The third-order valence-electron chi connectivity index (χ3n) is 3.99. The molecule has 0 aromatic heterocycles. The highest BCUT2D eigenvalue weighted by molar-refractivity contribution is 7.98. The minimum Gasteiger partial charge on any atom is -0.392 e. The Balaban J connectivity index is 2.09. The van der Waals surface area contributed by atoms with E-state index in [2.05, 4.69) is 24.5 Å². The molecule has 0 bridgehead atoms. The van der Waals surface area contributed by atoms with E-state index in [-0.39, 0.29) is 18.6 Å². The number of rotatable bonds is 7. The van der Waals surface area contributed by atoms with E-state index in [4.69, 9.17) is 5.11 Å². The van der Waals surface area contributed by atoms with Crippen molar-refractivity contribution < 1.29 is 9.90 Å². The van der Waals surface area contributed by atoms with Crippen LogP contribution in [0.1, 0.15) is 30.5 Å². The molecule has 0 atom stereocenters. The first-order valence-electron chi connectivity index (χ1n) is 8.14. The van der Waals surface area contributed by atoms with Crippen molar-refractivity contribution in [2.45, 2.75) is 44.4 Å². The van der Waals surface area contributed by atoms with Crippen LogP contribution in [-0.4, -0.2) is 28.2 Å². The highest BCUT2D eigenvalue weighted by Gasteiger charge is 2.18. The second kappa shape index (κ2) is 8.90. The van der Waals surface area contributed by atoms with E-state index in [1.54, 1.807) is 11.8 Å². The van der Waals surface area contributed by atoms with Crippen LogP contribution in [0.4, 0.5) is 0 Å². The van der Waals surface area contributed by atoms with Crippen molar-refractivity contribution in [3.8, 4) is 0 Å². The fourth-order valence-corrected chi connectivity index (χ4v) is 3.05. The Bertz CT molecular complexity index is 668. The largest absolute Gasteiger partial charge is 0.392 e. The molecule has 3 nitrogen and oxygen atoms in total. The van der Waals surface area contributed by atoms with Crippen molar-refractivity contribution in [3.05, 3.63) is 65.2 Å². The van der Waals surface area contributed by atoms with Gasteiger partial charge >= 0.3 is 0 Å². The molecule has 2 aromatic carbocycles. The van der Waals surface area contributed by atoms with E-state index < -0.39 is 0 Å². The Morgan fingerprint density at radius 1 is 1.08 bits per heavy atom. The van der Waals surface area contributed by atoms with Gasteiger partial charge < -0.3 is 10.0 Å². The fraction of sp³-hybridized carbons (Fsp3) is 0.350. The molecule has 2 aromatic rings. The molecular formula is C20H25NO2S. The van der Waals surface area contributed by atoms with Crippen LogP contribution in [-0.2, 0) is 24.4 Å². The lowest BCUT2D eigenvalue weighted by Gasteiger charge is -2.27. The van der Waals surface area contributed by atoms with Crippen molar-refractivity contribution in [2.24, 2.45) is 0 Å². The van der Waals surface area contributed by atoms with Gasteiger partial charge in [0.05, 0.1) is 13.0 Å². The minimum atomic E-state index is 0.0259. The molecule has 0 aliphatic rings. The summed E-state index contributed by atoms with van der Waals surface area (Å²) in [7, 11) is 0. The predicted octanol–water partition coefficient (Wildman–Crippen LogP) is 3.88. The first kappa shape index (κ1) is 18.6. The molecule has 0 radical (unpaired) electrons. The maximum atomic E-state index is 12.7. The molecule has 0 aliphatic heterocycles. The van der Waals surface area contributed by atoms with Crippen molar-refractivity contribution in [1.29, 1.82) is 0 Å². The molecule has 0 fully saturated rings. The number of nitrogens with zero attached hydrogens (tertiary/aromatic N) is 1. The van der Waals surface area contributed by atoms with Crippen LogP contribution in [0.2, 0.25) is 0 Å². The van der Waals surface area contributed by atoms with Gasteiger partial charge in [-0.3, -0.25) is 4.79 Å². The van der Waals surface area contributed by atoms with E-state index >= 15 is 0 Å². The molecule has 0 unspecified atom stereocenters. The van der Waals surface area contributed by atoms with Crippen molar-refractivity contribution >= 4 is 17.7 Å². The second-order valence-electron chi connectivity index (χ2n) is 6.12.